The zero-order chi connectivity index (χ0) is 24.6. The first-order valence-electron chi connectivity index (χ1n) is 10.2. The lowest BCUT2D eigenvalue weighted by molar-refractivity contribution is -0.135. The molecule has 3 aromatic rings. The van der Waals surface area contributed by atoms with Crippen LogP contribution < -0.4 is 20.5 Å². The van der Waals surface area contributed by atoms with Gasteiger partial charge in [0.05, 0.1) is 11.1 Å². The molecule has 0 bridgehead atoms. The van der Waals surface area contributed by atoms with Crippen LogP contribution in [0.15, 0.2) is 47.5 Å². The molecule has 178 valence electrons. The van der Waals surface area contributed by atoms with Gasteiger partial charge < -0.3 is 20.3 Å². The molecule has 1 aliphatic heterocycles. The third kappa shape index (κ3) is 4.92. The fourth-order valence-electron chi connectivity index (χ4n) is 3.52. The average molecular weight is 487 g/mol. The number of hydrogen-bond donors (Lipinski definition) is 3. The number of hydrogen-bond acceptors (Lipinski definition) is 8. The number of amides is 1. The van der Waals surface area contributed by atoms with E-state index in [-0.39, 0.29) is 22.6 Å². The van der Waals surface area contributed by atoms with Gasteiger partial charge in [-0.05, 0) is 42.8 Å². The highest BCUT2D eigenvalue weighted by Gasteiger charge is 2.30. The normalized spacial score (nSPS) is 14.8. The van der Waals surface area contributed by atoms with Gasteiger partial charge in [0.15, 0.2) is 17.7 Å². The number of rotatable bonds is 6. The molecule has 10 nitrogen and oxygen atoms in total. The molecule has 1 aliphatic rings. The van der Waals surface area contributed by atoms with Crippen molar-refractivity contribution >= 4 is 39.1 Å². The molecule has 2 aromatic carbocycles. The smallest absolute Gasteiger partial charge is 0.263 e. The number of halogens is 1. The molecule has 0 spiro atoms. The molecule has 0 radical (unpaired) electrons. The van der Waals surface area contributed by atoms with Crippen molar-refractivity contribution in [2.75, 3.05) is 24.7 Å². The first-order chi connectivity index (χ1) is 16.0. The van der Waals surface area contributed by atoms with Crippen LogP contribution in [0.3, 0.4) is 0 Å². The molecule has 0 saturated heterocycles. The lowest BCUT2D eigenvalue weighted by atomic mass is 10.1. The van der Waals surface area contributed by atoms with E-state index in [0.29, 0.717) is 29.1 Å². The zero-order valence-corrected chi connectivity index (χ0v) is 19.5. The molecule has 1 amide bonds. The van der Waals surface area contributed by atoms with Gasteiger partial charge in [0.2, 0.25) is 16.0 Å². The molecule has 4 rings (SSSR count). The largest absolute Gasteiger partial charge is 0.480 e. The number of anilines is 4. The Morgan fingerprint density at radius 3 is 2.59 bits per heavy atom. The van der Waals surface area contributed by atoms with Crippen LogP contribution in [0, 0.1) is 12.7 Å². The van der Waals surface area contributed by atoms with Gasteiger partial charge in [-0.2, -0.15) is 4.98 Å². The van der Waals surface area contributed by atoms with Gasteiger partial charge >= 0.3 is 0 Å². The Hall–Kier alpha value is -3.77. The molecule has 1 atom stereocenters. The molecule has 12 heteroatoms. The Balaban J connectivity index is 1.54. The summed E-state index contributed by atoms with van der Waals surface area (Å²) in [7, 11) is -0.582. The molecule has 4 N–H and O–H groups in total. The van der Waals surface area contributed by atoms with Crippen LogP contribution >= 0.6 is 0 Å². The van der Waals surface area contributed by atoms with E-state index in [1.807, 2.05) is 0 Å². The van der Waals surface area contributed by atoms with Crippen LogP contribution in [0.4, 0.5) is 27.5 Å². The van der Waals surface area contributed by atoms with Crippen molar-refractivity contribution in [1.29, 1.82) is 0 Å². The van der Waals surface area contributed by atoms with Crippen molar-refractivity contribution in [2.24, 2.45) is 5.14 Å². The summed E-state index contributed by atoms with van der Waals surface area (Å²) in [6.07, 6.45) is 0.804. The SMILES string of the molecule is Cc1ccc(Nc2ncc(F)c(Nc3ccc4c(c3)C[C@H](C(=O)N(C)C)O4)n2)cc1S(N)(=O)=O. The lowest BCUT2D eigenvalue weighted by Gasteiger charge is -2.15. The van der Waals surface area contributed by atoms with E-state index >= 15 is 0 Å². The van der Waals surface area contributed by atoms with E-state index in [1.165, 1.54) is 11.0 Å². The van der Waals surface area contributed by atoms with Gasteiger partial charge in [-0.1, -0.05) is 6.07 Å². The predicted molar refractivity (Wildman–Crippen MR) is 124 cm³/mol. The number of nitrogens with one attached hydrogen (secondary N) is 2. The second kappa shape index (κ2) is 8.88. The van der Waals surface area contributed by atoms with E-state index in [0.717, 1.165) is 11.8 Å². The van der Waals surface area contributed by atoms with Crippen molar-refractivity contribution in [3.63, 3.8) is 0 Å². The van der Waals surface area contributed by atoms with E-state index in [2.05, 4.69) is 20.6 Å². The minimum atomic E-state index is -3.91. The van der Waals surface area contributed by atoms with Crippen LogP contribution in [0.25, 0.3) is 0 Å². The van der Waals surface area contributed by atoms with E-state index in [4.69, 9.17) is 9.88 Å². The number of carbonyl (C=O) groups excluding carboxylic acids is 1. The molecule has 0 unspecified atom stereocenters. The summed E-state index contributed by atoms with van der Waals surface area (Å²) in [5.41, 5.74) is 2.23. The number of aromatic nitrogens is 2. The Morgan fingerprint density at radius 2 is 1.88 bits per heavy atom. The van der Waals surface area contributed by atoms with Gasteiger partial charge in [0, 0.05) is 37.5 Å². The highest BCUT2D eigenvalue weighted by atomic mass is 32.2. The maximum absolute atomic E-state index is 14.4. The Kier molecular flexibility index (Phi) is 6.11. The topological polar surface area (TPSA) is 140 Å². The van der Waals surface area contributed by atoms with E-state index < -0.39 is 21.9 Å². The van der Waals surface area contributed by atoms with Crippen LogP contribution in [-0.2, 0) is 21.2 Å². The number of nitrogens with zero attached hydrogens (tertiary/aromatic N) is 3. The first kappa shape index (κ1) is 23.4. The summed E-state index contributed by atoms with van der Waals surface area (Å²) in [6.45, 7) is 1.63. The second-order valence-corrected chi connectivity index (χ2v) is 9.56. The lowest BCUT2D eigenvalue weighted by Crippen LogP contribution is -2.36. The van der Waals surface area contributed by atoms with Crippen LogP contribution in [0.1, 0.15) is 11.1 Å². The fourth-order valence-corrected chi connectivity index (χ4v) is 4.33. The highest BCUT2D eigenvalue weighted by Crippen LogP contribution is 2.33. The fraction of sp³-hybridized carbons (Fsp3) is 0.227. The monoisotopic (exact) mass is 486 g/mol. The second-order valence-electron chi connectivity index (χ2n) is 8.03. The van der Waals surface area contributed by atoms with Gasteiger partial charge in [-0.3, -0.25) is 4.79 Å². The molecule has 34 heavy (non-hydrogen) atoms. The number of fused-ring (bicyclic) bond motifs is 1. The number of ether oxygens (including phenoxy) is 1. The molecule has 0 aliphatic carbocycles. The van der Waals surface area contributed by atoms with Crippen LogP contribution in [0.5, 0.6) is 5.75 Å². The molecule has 0 saturated carbocycles. The number of primary sulfonamides is 1. The Bertz CT molecular complexity index is 1380. The van der Waals surface area contributed by atoms with E-state index in [9.17, 15) is 17.6 Å². The number of carbonyl (C=O) groups is 1. The van der Waals surface area contributed by atoms with Crippen molar-refractivity contribution < 1.29 is 22.3 Å². The van der Waals surface area contributed by atoms with Gasteiger partial charge in [-0.25, -0.2) is 22.9 Å². The van der Waals surface area contributed by atoms with Crippen molar-refractivity contribution in [1.82, 2.24) is 14.9 Å². The number of sulfonamides is 1. The van der Waals surface area contributed by atoms with Crippen LogP contribution in [-0.4, -0.2) is 49.4 Å². The van der Waals surface area contributed by atoms with Crippen molar-refractivity contribution in [2.45, 2.75) is 24.3 Å². The average Bonchev–Trinajstić information content (AvgIpc) is 3.19. The van der Waals surface area contributed by atoms with Crippen molar-refractivity contribution in [3.05, 3.63) is 59.5 Å². The minimum Gasteiger partial charge on any atom is -0.480 e. The third-order valence-electron chi connectivity index (χ3n) is 5.21. The van der Waals surface area contributed by atoms with Crippen LogP contribution in [0.2, 0.25) is 0 Å². The van der Waals surface area contributed by atoms with Gasteiger partial charge in [0.25, 0.3) is 5.91 Å². The molecule has 0 fully saturated rings. The Labute approximate surface area is 196 Å². The first-order valence-corrected chi connectivity index (χ1v) is 11.8. The molecule has 1 aromatic heterocycles. The Morgan fingerprint density at radius 1 is 1.18 bits per heavy atom. The van der Waals surface area contributed by atoms with Crippen molar-refractivity contribution in [3.8, 4) is 5.75 Å². The molecule has 2 heterocycles. The summed E-state index contributed by atoms with van der Waals surface area (Å²) < 4.78 is 43.6. The minimum absolute atomic E-state index is 0.0376. The maximum Gasteiger partial charge on any atom is 0.263 e. The van der Waals surface area contributed by atoms with Gasteiger partial charge in [0.1, 0.15) is 5.75 Å². The standard InChI is InChI=1S/C22H23FN6O4S/c1-12-4-5-15(10-19(12)34(24,31)32)27-22-25-11-16(23)20(28-22)26-14-6-7-17-13(8-14)9-18(33-17)21(30)29(2)3/h4-8,10-11,18H,9H2,1-3H3,(H2,24,31,32)(H2,25,26,27,28)/t18-/m1/s1. The zero-order valence-electron chi connectivity index (χ0n) is 18.7. The number of benzene rings is 2. The summed E-state index contributed by atoms with van der Waals surface area (Å²) in [5, 5.41) is 11.0. The summed E-state index contributed by atoms with van der Waals surface area (Å²) >= 11 is 0. The highest BCUT2D eigenvalue weighted by molar-refractivity contribution is 7.89. The predicted octanol–water partition coefficient (Wildman–Crippen LogP) is 2.45. The molecular weight excluding hydrogens is 463 g/mol. The maximum atomic E-state index is 14.4. The number of aryl methyl sites for hydroxylation is 1. The van der Waals surface area contributed by atoms with E-state index in [1.54, 1.807) is 51.4 Å². The molecular formula is C22H23FN6O4S. The summed E-state index contributed by atoms with van der Waals surface area (Å²) in [4.78, 5) is 21.7. The quantitative estimate of drug-likeness (QED) is 0.483. The summed E-state index contributed by atoms with van der Waals surface area (Å²) in [6, 6.07) is 9.75. The summed E-state index contributed by atoms with van der Waals surface area (Å²) in [5.74, 6) is -0.256. The number of likely N-dealkylation sites (N-methyl/N-ethyl adjacent to an activating group) is 1. The number of nitrogens with two attached hydrogens (primary N) is 1. The van der Waals surface area contributed by atoms with Gasteiger partial charge in [-0.15, -0.1) is 0 Å². The third-order valence-corrected chi connectivity index (χ3v) is 6.26.